The topological polar surface area (TPSA) is 94.9 Å². The number of hydrogen-bond donors (Lipinski definition) is 1. The van der Waals surface area contributed by atoms with E-state index in [4.69, 9.17) is 14.2 Å². The van der Waals surface area contributed by atoms with Gasteiger partial charge in [0, 0.05) is 36.9 Å². The number of carbonyl (C=O) groups is 2. The SMILES string of the molecule is O=C(Nc1cc(Oc2ccc3c(ccn3C(=O)N3CCOCC3)c2)ccn1)Oc1ccccc1. The normalized spacial score (nSPS) is 13.5. The van der Waals surface area contributed by atoms with Gasteiger partial charge in [0.05, 0.1) is 18.7 Å². The van der Waals surface area contributed by atoms with Crippen LogP contribution in [0.4, 0.5) is 15.4 Å². The lowest BCUT2D eigenvalue weighted by Gasteiger charge is -2.27. The summed E-state index contributed by atoms with van der Waals surface area (Å²) in [6, 6.07) is 19.3. The molecule has 0 aliphatic carbocycles. The molecular weight excluding hydrogens is 436 g/mol. The van der Waals surface area contributed by atoms with Crippen molar-refractivity contribution < 1.29 is 23.8 Å². The maximum absolute atomic E-state index is 12.8. The molecule has 1 aliphatic heterocycles. The lowest BCUT2D eigenvalue weighted by atomic mass is 10.2. The summed E-state index contributed by atoms with van der Waals surface area (Å²) in [5.74, 6) is 1.81. The molecule has 0 unspecified atom stereocenters. The molecule has 4 aromatic rings. The van der Waals surface area contributed by atoms with Crippen molar-refractivity contribution in [3.63, 3.8) is 0 Å². The summed E-state index contributed by atoms with van der Waals surface area (Å²) in [4.78, 5) is 30.9. The number of carbonyl (C=O) groups excluding carboxylic acids is 2. The summed E-state index contributed by atoms with van der Waals surface area (Å²) in [5, 5.41) is 3.46. The Bertz CT molecular complexity index is 1320. The van der Waals surface area contributed by atoms with Gasteiger partial charge in [-0.3, -0.25) is 9.88 Å². The number of morpholine rings is 1. The van der Waals surface area contributed by atoms with Gasteiger partial charge in [-0.05, 0) is 42.5 Å². The average Bonchev–Trinajstić information content (AvgIpc) is 3.28. The zero-order valence-corrected chi connectivity index (χ0v) is 18.2. The Morgan fingerprint density at radius 2 is 1.71 bits per heavy atom. The third-order valence-electron chi connectivity index (χ3n) is 5.30. The average molecular weight is 458 g/mol. The number of nitrogens with zero attached hydrogens (tertiary/aromatic N) is 3. The summed E-state index contributed by atoms with van der Waals surface area (Å²) < 4.78 is 18.1. The number of aromatic nitrogens is 2. The minimum atomic E-state index is -0.649. The predicted molar refractivity (Wildman–Crippen MR) is 126 cm³/mol. The summed E-state index contributed by atoms with van der Waals surface area (Å²) in [7, 11) is 0. The van der Waals surface area contributed by atoms with Gasteiger partial charge in [0.2, 0.25) is 0 Å². The first-order chi connectivity index (χ1) is 16.7. The van der Waals surface area contributed by atoms with Gasteiger partial charge in [-0.15, -0.1) is 0 Å². The highest BCUT2D eigenvalue weighted by atomic mass is 16.6. The van der Waals surface area contributed by atoms with Crippen LogP contribution in [0.15, 0.2) is 79.1 Å². The van der Waals surface area contributed by atoms with Crippen molar-refractivity contribution in [2.75, 3.05) is 31.6 Å². The van der Waals surface area contributed by atoms with Crippen LogP contribution in [0.1, 0.15) is 0 Å². The smallest absolute Gasteiger partial charge is 0.418 e. The van der Waals surface area contributed by atoms with Crippen LogP contribution in [-0.2, 0) is 4.74 Å². The van der Waals surface area contributed by atoms with E-state index in [1.54, 1.807) is 58.1 Å². The minimum absolute atomic E-state index is 0.0702. The maximum Gasteiger partial charge on any atom is 0.418 e. The lowest BCUT2D eigenvalue weighted by molar-refractivity contribution is 0.0538. The van der Waals surface area contributed by atoms with Crippen molar-refractivity contribution in [3.8, 4) is 17.2 Å². The Balaban J connectivity index is 1.27. The van der Waals surface area contributed by atoms with Gasteiger partial charge in [0.25, 0.3) is 0 Å². The number of hydrogen-bond acceptors (Lipinski definition) is 6. The molecule has 1 N–H and O–H groups in total. The Labute approximate surface area is 195 Å². The highest BCUT2D eigenvalue weighted by Crippen LogP contribution is 2.27. The van der Waals surface area contributed by atoms with Crippen LogP contribution in [0.25, 0.3) is 10.9 Å². The van der Waals surface area contributed by atoms with Crippen molar-refractivity contribution in [2.24, 2.45) is 0 Å². The molecule has 1 fully saturated rings. The molecule has 0 spiro atoms. The Hall–Kier alpha value is -4.37. The fraction of sp³-hybridized carbons (Fsp3) is 0.160. The van der Waals surface area contributed by atoms with Crippen molar-refractivity contribution in [3.05, 3.63) is 79.1 Å². The number of pyridine rings is 1. The summed E-state index contributed by atoms with van der Waals surface area (Å²) in [6.45, 7) is 2.26. The number of rotatable bonds is 4. The summed E-state index contributed by atoms with van der Waals surface area (Å²) in [6.07, 6.45) is 2.64. The number of benzene rings is 2. The third-order valence-corrected chi connectivity index (χ3v) is 5.30. The molecule has 3 heterocycles. The van der Waals surface area contributed by atoms with Crippen LogP contribution in [0.2, 0.25) is 0 Å². The number of anilines is 1. The largest absolute Gasteiger partial charge is 0.457 e. The molecule has 9 nitrogen and oxygen atoms in total. The van der Waals surface area contributed by atoms with Gasteiger partial charge in [0.15, 0.2) is 0 Å². The van der Waals surface area contributed by atoms with Crippen LogP contribution >= 0.6 is 0 Å². The zero-order valence-electron chi connectivity index (χ0n) is 18.2. The minimum Gasteiger partial charge on any atom is -0.457 e. The molecule has 1 aliphatic rings. The first kappa shape index (κ1) is 21.5. The number of nitrogens with one attached hydrogen (secondary N) is 1. The van der Waals surface area contributed by atoms with E-state index in [0.29, 0.717) is 49.4 Å². The van der Waals surface area contributed by atoms with Crippen LogP contribution in [0, 0.1) is 0 Å². The molecule has 9 heteroatoms. The molecule has 34 heavy (non-hydrogen) atoms. The van der Waals surface area contributed by atoms with Gasteiger partial charge in [-0.2, -0.15) is 0 Å². The Morgan fingerprint density at radius 1 is 0.912 bits per heavy atom. The lowest BCUT2D eigenvalue weighted by Crippen LogP contribution is -2.42. The Morgan fingerprint density at radius 3 is 2.53 bits per heavy atom. The van der Waals surface area contributed by atoms with Gasteiger partial charge >= 0.3 is 12.1 Å². The monoisotopic (exact) mass is 458 g/mol. The van der Waals surface area contributed by atoms with E-state index in [1.165, 1.54) is 6.20 Å². The van der Waals surface area contributed by atoms with E-state index in [-0.39, 0.29) is 6.03 Å². The highest BCUT2D eigenvalue weighted by Gasteiger charge is 2.19. The Kier molecular flexibility index (Phi) is 6.09. The number of ether oxygens (including phenoxy) is 3. The number of para-hydroxylation sites is 1. The fourth-order valence-electron chi connectivity index (χ4n) is 3.66. The van der Waals surface area contributed by atoms with E-state index >= 15 is 0 Å². The van der Waals surface area contributed by atoms with Crippen LogP contribution in [-0.4, -0.2) is 52.9 Å². The van der Waals surface area contributed by atoms with Crippen LogP contribution < -0.4 is 14.8 Å². The van der Waals surface area contributed by atoms with E-state index in [1.807, 2.05) is 24.3 Å². The molecular formula is C25H22N4O5. The van der Waals surface area contributed by atoms with E-state index in [0.717, 1.165) is 10.9 Å². The number of amides is 2. The molecule has 2 amide bonds. The first-order valence-corrected chi connectivity index (χ1v) is 10.8. The molecule has 0 atom stereocenters. The molecule has 2 aromatic heterocycles. The van der Waals surface area contributed by atoms with Crippen molar-refractivity contribution in [1.82, 2.24) is 14.5 Å². The third kappa shape index (κ3) is 4.84. The second kappa shape index (κ2) is 9.63. The molecule has 0 saturated carbocycles. The fourth-order valence-corrected chi connectivity index (χ4v) is 3.66. The molecule has 1 saturated heterocycles. The van der Waals surface area contributed by atoms with E-state index in [9.17, 15) is 9.59 Å². The quantitative estimate of drug-likeness (QED) is 0.475. The molecule has 5 rings (SSSR count). The molecule has 2 aromatic carbocycles. The van der Waals surface area contributed by atoms with Crippen molar-refractivity contribution >= 4 is 28.8 Å². The maximum atomic E-state index is 12.8. The number of fused-ring (bicyclic) bond motifs is 1. The van der Waals surface area contributed by atoms with E-state index < -0.39 is 6.09 Å². The van der Waals surface area contributed by atoms with E-state index in [2.05, 4.69) is 10.3 Å². The van der Waals surface area contributed by atoms with Crippen LogP contribution in [0.3, 0.4) is 0 Å². The van der Waals surface area contributed by atoms with Gasteiger partial charge in [-0.25, -0.2) is 14.6 Å². The van der Waals surface area contributed by atoms with Gasteiger partial charge in [0.1, 0.15) is 23.1 Å². The van der Waals surface area contributed by atoms with Gasteiger partial charge < -0.3 is 19.1 Å². The van der Waals surface area contributed by atoms with Crippen molar-refractivity contribution in [2.45, 2.75) is 0 Å². The molecule has 0 radical (unpaired) electrons. The highest BCUT2D eigenvalue weighted by molar-refractivity contribution is 5.92. The summed E-state index contributed by atoms with van der Waals surface area (Å²) in [5.41, 5.74) is 0.796. The summed E-state index contributed by atoms with van der Waals surface area (Å²) >= 11 is 0. The van der Waals surface area contributed by atoms with Gasteiger partial charge in [-0.1, -0.05) is 18.2 Å². The first-order valence-electron chi connectivity index (χ1n) is 10.8. The van der Waals surface area contributed by atoms with Crippen LogP contribution in [0.5, 0.6) is 17.2 Å². The standard InChI is InChI=1S/C25H22N4O5/c30-24(34-19-4-2-1-3-5-19)27-23-17-21(8-10-26-23)33-20-6-7-22-18(16-20)9-11-29(22)25(31)28-12-14-32-15-13-28/h1-11,16-17H,12-15H2,(H,26,27,30). The molecule has 172 valence electrons. The second-order valence-corrected chi connectivity index (χ2v) is 7.59. The predicted octanol–water partition coefficient (Wildman–Crippen LogP) is 4.74. The van der Waals surface area contributed by atoms with Crippen molar-refractivity contribution in [1.29, 1.82) is 0 Å². The molecule has 0 bridgehead atoms. The second-order valence-electron chi connectivity index (χ2n) is 7.59. The zero-order chi connectivity index (χ0) is 23.3.